The summed E-state index contributed by atoms with van der Waals surface area (Å²) in [7, 11) is 0. The number of aromatic nitrogens is 1. The van der Waals surface area contributed by atoms with Crippen molar-refractivity contribution in [3.05, 3.63) is 34.4 Å². The third kappa shape index (κ3) is 5.55. The number of urea groups is 1. The van der Waals surface area contributed by atoms with Gasteiger partial charge in [-0.15, -0.1) is 0 Å². The van der Waals surface area contributed by atoms with Gasteiger partial charge in [-0.2, -0.15) is 4.37 Å². The Morgan fingerprint density at radius 3 is 2.82 bits per heavy atom. The average Bonchev–Trinajstić information content (AvgIpc) is 3.54. The molecule has 1 aromatic heterocycles. The Morgan fingerprint density at radius 1 is 1.26 bits per heavy atom. The van der Waals surface area contributed by atoms with Gasteiger partial charge in [0.2, 0.25) is 5.88 Å². The molecule has 3 amide bonds. The summed E-state index contributed by atoms with van der Waals surface area (Å²) < 4.78 is 43.6. The smallest absolute Gasteiger partial charge is 0.319 e. The molecule has 0 radical (unpaired) electrons. The van der Waals surface area contributed by atoms with E-state index in [1.807, 2.05) is 0 Å². The van der Waals surface area contributed by atoms with E-state index in [0.717, 1.165) is 44.0 Å². The Morgan fingerprint density at radius 2 is 2.06 bits per heavy atom. The predicted molar refractivity (Wildman–Crippen MR) is 122 cm³/mol. The highest BCUT2D eigenvalue weighted by molar-refractivity contribution is 7.11. The van der Waals surface area contributed by atoms with Crippen molar-refractivity contribution in [3.63, 3.8) is 0 Å². The van der Waals surface area contributed by atoms with E-state index in [4.69, 9.17) is 15.2 Å². The molecule has 9 nitrogen and oxygen atoms in total. The predicted octanol–water partition coefficient (Wildman–Crippen LogP) is 3.03. The van der Waals surface area contributed by atoms with Crippen LogP contribution < -0.4 is 25.8 Å². The highest BCUT2D eigenvalue weighted by atomic mass is 32.1. The van der Waals surface area contributed by atoms with Crippen LogP contribution in [0.25, 0.3) is 0 Å². The van der Waals surface area contributed by atoms with Gasteiger partial charge in [0.25, 0.3) is 5.91 Å². The van der Waals surface area contributed by atoms with Gasteiger partial charge < -0.3 is 25.4 Å². The fourth-order valence-electron chi connectivity index (χ4n) is 4.06. The van der Waals surface area contributed by atoms with Crippen molar-refractivity contribution in [1.82, 2.24) is 14.6 Å². The van der Waals surface area contributed by atoms with Crippen LogP contribution in [-0.4, -0.2) is 54.0 Å². The van der Waals surface area contributed by atoms with Crippen LogP contribution in [0.5, 0.6) is 11.6 Å². The third-order valence-electron chi connectivity index (χ3n) is 5.84. The first kappa shape index (κ1) is 24.1. The molecule has 0 atom stereocenters. The molecule has 2 aliphatic heterocycles. The van der Waals surface area contributed by atoms with E-state index < -0.39 is 30.2 Å². The van der Waals surface area contributed by atoms with E-state index in [9.17, 15) is 18.4 Å². The topological polar surface area (TPSA) is 119 Å². The summed E-state index contributed by atoms with van der Waals surface area (Å²) in [5.74, 6) is -2.71. The zero-order valence-corrected chi connectivity index (χ0v) is 19.4. The van der Waals surface area contributed by atoms with Gasteiger partial charge in [-0.3, -0.25) is 10.1 Å². The van der Waals surface area contributed by atoms with Gasteiger partial charge in [0.05, 0.1) is 12.2 Å². The van der Waals surface area contributed by atoms with Gasteiger partial charge >= 0.3 is 6.03 Å². The standard InChI is InChI=1S/C22H27F2N5O4S/c23-15-11-13-5-10-32-18(13)17(24)14(15)12-33-20-16(19(25)30)21(34-28-20)27-22(31)26-6-1-2-7-29-8-3-4-9-29/h11H,1-10,12H2,(H2,25,30)(H2,26,27,31). The van der Waals surface area contributed by atoms with E-state index in [1.165, 1.54) is 18.9 Å². The van der Waals surface area contributed by atoms with Crippen LogP contribution in [0.15, 0.2) is 6.07 Å². The van der Waals surface area contributed by atoms with Crippen molar-refractivity contribution in [2.75, 3.05) is 38.1 Å². The molecule has 34 heavy (non-hydrogen) atoms. The zero-order valence-electron chi connectivity index (χ0n) is 18.6. The number of anilines is 1. The first-order valence-corrected chi connectivity index (χ1v) is 12.0. The molecule has 2 aliphatic rings. The summed E-state index contributed by atoms with van der Waals surface area (Å²) in [5, 5.41) is 5.37. The second kappa shape index (κ2) is 11.0. The number of primary amides is 1. The summed E-state index contributed by atoms with van der Waals surface area (Å²) in [6, 6.07) is 0.703. The number of ether oxygens (including phenoxy) is 2. The molecule has 0 bridgehead atoms. The first-order chi connectivity index (χ1) is 16.4. The molecule has 0 aliphatic carbocycles. The lowest BCUT2D eigenvalue weighted by Crippen LogP contribution is -2.30. The summed E-state index contributed by atoms with van der Waals surface area (Å²) in [5.41, 5.74) is 5.40. The van der Waals surface area contributed by atoms with Crippen LogP contribution in [0.1, 0.15) is 47.2 Å². The Hall–Kier alpha value is -2.99. The number of carbonyl (C=O) groups is 2. The van der Waals surface area contributed by atoms with Crippen molar-refractivity contribution in [1.29, 1.82) is 0 Å². The van der Waals surface area contributed by atoms with Crippen LogP contribution in [0.3, 0.4) is 0 Å². The molecule has 184 valence electrons. The van der Waals surface area contributed by atoms with Crippen LogP contribution >= 0.6 is 11.5 Å². The number of fused-ring (bicyclic) bond motifs is 1. The average molecular weight is 496 g/mol. The molecule has 1 aromatic carbocycles. The molecule has 2 aromatic rings. The fourth-order valence-corrected chi connectivity index (χ4v) is 4.79. The van der Waals surface area contributed by atoms with E-state index in [-0.39, 0.29) is 34.4 Å². The lowest BCUT2D eigenvalue weighted by molar-refractivity contribution is 0.0996. The number of nitrogens with zero attached hydrogens (tertiary/aromatic N) is 2. The van der Waals surface area contributed by atoms with Crippen molar-refractivity contribution in [2.24, 2.45) is 5.73 Å². The third-order valence-corrected chi connectivity index (χ3v) is 6.58. The minimum atomic E-state index is -0.886. The van der Waals surface area contributed by atoms with Gasteiger partial charge in [-0.25, -0.2) is 13.6 Å². The maximum absolute atomic E-state index is 14.6. The lowest BCUT2D eigenvalue weighted by Gasteiger charge is -2.14. The number of rotatable bonds is 10. The quantitative estimate of drug-likeness (QED) is 0.436. The van der Waals surface area contributed by atoms with Crippen LogP contribution in [-0.2, 0) is 13.0 Å². The van der Waals surface area contributed by atoms with Crippen molar-refractivity contribution < 1.29 is 27.8 Å². The van der Waals surface area contributed by atoms with Crippen LogP contribution in [0.4, 0.5) is 18.6 Å². The van der Waals surface area contributed by atoms with Gasteiger partial charge in [0.1, 0.15) is 23.0 Å². The molecule has 1 fully saturated rings. The molecule has 3 heterocycles. The second-order valence-corrected chi connectivity index (χ2v) is 8.99. The molecular formula is C22H27F2N5O4S. The number of amides is 3. The maximum Gasteiger partial charge on any atom is 0.319 e. The summed E-state index contributed by atoms with van der Waals surface area (Å²) in [4.78, 5) is 26.6. The molecule has 4 rings (SSSR count). The highest BCUT2D eigenvalue weighted by Crippen LogP contribution is 2.34. The molecule has 0 saturated carbocycles. The van der Waals surface area contributed by atoms with Crippen LogP contribution in [0, 0.1) is 11.6 Å². The number of nitrogens with one attached hydrogen (secondary N) is 2. The van der Waals surface area contributed by atoms with E-state index in [0.29, 0.717) is 18.5 Å². The van der Waals surface area contributed by atoms with Crippen molar-refractivity contribution in [2.45, 2.75) is 38.7 Å². The number of nitrogens with two attached hydrogens (primary N) is 1. The Balaban J connectivity index is 1.32. The monoisotopic (exact) mass is 495 g/mol. The SMILES string of the molecule is NC(=O)c1c(OCc2c(F)cc3c(c2F)OCC3)nsc1NC(=O)NCCCCN1CCCC1. The molecule has 1 saturated heterocycles. The van der Waals surface area contributed by atoms with E-state index >= 15 is 0 Å². The van der Waals surface area contributed by atoms with Gasteiger partial charge in [0, 0.05) is 18.5 Å². The number of unbranched alkanes of at least 4 members (excludes halogenated alkanes) is 1. The Kier molecular flexibility index (Phi) is 7.78. The van der Waals surface area contributed by atoms with Crippen LogP contribution in [0.2, 0.25) is 0 Å². The normalized spacial score (nSPS) is 15.1. The summed E-state index contributed by atoms with van der Waals surface area (Å²) >= 11 is 0.790. The zero-order chi connectivity index (χ0) is 24.1. The number of halogens is 2. The Bertz CT molecular complexity index is 1060. The minimum Gasteiger partial charge on any atom is -0.490 e. The molecule has 4 N–H and O–H groups in total. The second-order valence-electron chi connectivity index (χ2n) is 8.22. The number of carbonyl (C=O) groups excluding carboxylic acids is 2. The number of likely N-dealkylation sites (tertiary alicyclic amines) is 1. The van der Waals surface area contributed by atoms with Crippen molar-refractivity contribution >= 4 is 28.5 Å². The van der Waals surface area contributed by atoms with E-state index in [2.05, 4.69) is 19.9 Å². The number of hydrogen-bond donors (Lipinski definition) is 3. The van der Waals surface area contributed by atoms with E-state index in [1.54, 1.807) is 0 Å². The number of benzene rings is 1. The molecular weight excluding hydrogens is 468 g/mol. The first-order valence-electron chi connectivity index (χ1n) is 11.3. The Labute approximate surface area is 199 Å². The van der Waals surface area contributed by atoms with Gasteiger partial charge in [-0.05, 0) is 62.9 Å². The summed E-state index contributed by atoms with van der Waals surface area (Å²) in [6.07, 6.45) is 4.72. The maximum atomic E-state index is 14.6. The molecule has 12 heteroatoms. The lowest BCUT2D eigenvalue weighted by atomic mass is 10.1. The highest BCUT2D eigenvalue weighted by Gasteiger charge is 2.26. The molecule has 0 spiro atoms. The largest absolute Gasteiger partial charge is 0.490 e. The van der Waals surface area contributed by atoms with Gasteiger partial charge in [-0.1, -0.05) is 0 Å². The van der Waals surface area contributed by atoms with Crippen molar-refractivity contribution in [3.8, 4) is 11.6 Å². The summed E-state index contributed by atoms with van der Waals surface area (Å²) in [6.45, 7) is 3.53. The molecule has 0 unspecified atom stereocenters. The fraction of sp³-hybridized carbons (Fsp3) is 0.500. The van der Waals surface area contributed by atoms with Gasteiger partial charge in [0.15, 0.2) is 11.6 Å². The number of hydrogen-bond acceptors (Lipinski definition) is 7. The minimum absolute atomic E-state index is 0.00728.